The summed E-state index contributed by atoms with van der Waals surface area (Å²) in [6.45, 7) is 3.93. The molecule has 2 N–H and O–H groups in total. The highest BCUT2D eigenvalue weighted by Gasteiger charge is 2.06. The quantitative estimate of drug-likeness (QED) is 0.284. The first-order chi connectivity index (χ1) is 11.6. The maximum atomic E-state index is 13.2. The lowest BCUT2D eigenvalue weighted by atomic mass is 10.2. The zero-order chi connectivity index (χ0) is 17.4. The van der Waals surface area contributed by atoms with E-state index in [1.165, 1.54) is 12.1 Å². The van der Waals surface area contributed by atoms with Gasteiger partial charge in [-0.1, -0.05) is 12.1 Å². The van der Waals surface area contributed by atoms with Crippen molar-refractivity contribution in [2.24, 2.45) is 12.0 Å². The number of rotatable bonds is 7. The van der Waals surface area contributed by atoms with Crippen LogP contribution in [-0.4, -0.2) is 41.0 Å². The van der Waals surface area contributed by atoms with Crippen molar-refractivity contribution in [3.05, 3.63) is 47.3 Å². The molecule has 9 heteroatoms. The van der Waals surface area contributed by atoms with Crippen molar-refractivity contribution in [1.29, 1.82) is 0 Å². The van der Waals surface area contributed by atoms with E-state index in [9.17, 15) is 4.39 Å². The molecule has 0 spiro atoms. The third kappa shape index (κ3) is 6.94. The van der Waals surface area contributed by atoms with Gasteiger partial charge in [0.05, 0.1) is 19.7 Å². The minimum atomic E-state index is -0.265. The van der Waals surface area contributed by atoms with Crippen molar-refractivity contribution in [1.82, 2.24) is 25.4 Å². The first-order valence-electron chi connectivity index (χ1n) is 7.70. The van der Waals surface area contributed by atoms with Gasteiger partial charge in [-0.25, -0.2) is 9.38 Å². The summed E-state index contributed by atoms with van der Waals surface area (Å²) < 4.78 is 20.2. The van der Waals surface area contributed by atoms with Gasteiger partial charge in [0.2, 0.25) is 0 Å². The molecule has 7 nitrogen and oxygen atoms in total. The van der Waals surface area contributed by atoms with E-state index >= 15 is 0 Å². The molecule has 0 saturated carbocycles. The van der Waals surface area contributed by atoms with Gasteiger partial charge in [0.25, 0.3) is 0 Å². The van der Waals surface area contributed by atoms with Crippen LogP contribution in [0.1, 0.15) is 17.2 Å². The summed E-state index contributed by atoms with van der Waals surface area (Å²) >= 11 is 0. The maximum absolute atomic E-state index is 13.2. The van der Waals surface area contributed by atoms with E-state index in [-0.39, 0.29) is 29.8 Å². The molecule has 0 unspecified atom stereocenters. The molecule has 138 valence electrons. The molecule has 2 aromatic rings. The van der Waals surface area contributed by atoms with E-state index in [4.69, 9.17) is 4.74 Å². The average molecular weight is 462 g/mol. The predicted octanol–water partition coefficient (Wildman–Crippen LogP) is 1.76. The third-order valence-corrected chi connectivity index (χ3v) is 3.50. The third-order valence-electron chi connectivity index (χ3n) is 3.50. The summed E-state index contributed by atoms with van der Waals surface area (Å²) in [5.41, 5.74) is 0.803. The van der Waals surface area contributed by atoms with Crippen LogP contribution in [0.5, 0.6) is 0 Å². The number of guanidine groups is 1. The second-order valence-electron chi connectivity index (χ2n) is 5.29. The van der Waals surface area contributed by atoms with Crippen LogP contribution in [-0.2, 0) is 24.9 Å². The van der Waals surface area contributed by atoms with Gasteiger partial charge >= 0.3 is 0 Å². The van der Waals surface area contributed by atoms with Crippen molar-refractivity contribution >= 4 is 29.9 Å². The van der Waals surface area contributed by atoms with Crippen molar-refractivity contribution < 1.29 is 9.13 Å². The highest BCUT2D eigenvalue weighted by molar-refractivity contribution is 14.0. The minimum absolute atomic E-state index is 0. The smallest absolute Gasteiger partial charge is 0.192 e. The molecule has 0 bridgehead atoms. The summed E-state index contributed by atoms with van der Waals surface area (Å²) in [4.78, 5) is 4.47. The monoisotopic (exact) mass is 462 g/mol. The number of hydrogen-bond donors (Lipinski definition) is 2. The number of nitrogens with zero attached hydrogens (tertiary/aromatic N) is 4. The molecule has 2 rings (SSSR count). The van der Waals surface area contributed by atoms with E-state index in [2.05, 4.69) is 25.8 Å². The molecule has 0 aliphatic heterocycles. The van der Waals surface area contributed by atoms with Gasteiger partial charge in [-0.3, -0.25) is 0 Å². The van der Waals surface area contributed by atoms with Gasteiger partial charge in [0.15, 0.2) is 11.8 Å². The van der Waals surface area contributed by atoms with Crippen molar-refractivity contribution in [2.75, 3.05) is 20.3 Å². The molecule has 1 heterocycles. The Morgan fingerprint density at radius 2 is 2.12 bits per heavy atom. The fraction of sp³-hybridized carbons (Fsp3) is 0.438. The molecule has 0 fully saturated rings. The van der Waals surface area contributed by atoms with Crippen LogP contribution >= 0.6 is 24.0 Å². The molecule has 0 saturated heterocycles. The van der Waals surface area contributed by atoms with Gasteiger partial charge in [-0.15, -0.1) is 34.2 Å². The van der Waals surface area contributed by atoms with Gasteiger partial charge < -0.3 is 19.9 Å². The second kappa shape index (κ2) is 11.0. The van der Waals surface area contributed by atoms with Crippen LogP contribution in [0, 0.1) is 12.7 Å². The summed E-state index contributed by atoms with van der Waals surface area (Å²) in [7, 11) is 3.55. The van der Waals surface area contributed by atoms with Gasteiger partial charge in [-0.2, -0.15) is 0 Å². The standard InChI is InChI=1S/C16H23FN6O.HI/c1-12-21-22-15(23(12)2)11-20-16(18-7-8-24-3)19-10-13-5-4-6-14(17)9-13;/h4-6,9H,7-8,10-11H2,1-3H3,(H2,18,19,20);1H. The Hall–Kier alpha value is -1.75. The Morgan fingerprint density at radius 1 is 1.32 bits per heavy atom. The zero-order valence-corrected chi connectivity index (χ0v) is 17.0. The van der Waals surface area contributed by atoms with Crippen LogP contribution in [0.2, 0.25) is 0 Å². The SMILES string of the molecule is COCCNC(=NCc1cccc(F)c1)NCc1nnc(C)n1C.I. The topological polar surface area (TPSA) is 76.4 Å². The Balaban J connectivity index is 0.00000312. The first kappa shape index (κ1) is 21.3. The normalized spacial score (nSPS) is 11.1. The lowest BCUT2D eigenvalue weighted by Gasteiger charge is -2.12. The summed E-state index contributed by atoms with van der Waals surface area (Å²) in [6.07, 6.45) is 0. The lowest BCUT2D eigenvalue weighted by Crippen LogP contribution is -2.39. The average Bonchev–Trinajstić information content (AvgIpc) is 2.89. The Kier molecular flexibility index (Phi) is 9.35. The highest BCUT2D eigenvalue weighted by Crippen LogP contribution is 2.04. The van der Waals surface area contributed by atoms with Crippen LogP contribution < -0.4 is 10.6 Å². The molecule has 0 radical (unpaired) electrons. The van der Waals surface area contributed by atoms with Gasteiger partial charge in [-0.05, 0) is 24.6 Å². The van der Waals surface area contributed by atoms with E-state index in [0.717, 1.165) is 17.2 Å². The second-order valence-corrected chi connectivity index (χ2v) is 5.29. The summed E-state index contributed by atoms with van der Waals surface area (Å²) in [6, 6.07) is 6.40. The van der Waals surface area contributed by atoms with E-state index in [0.29, 0.717) is 32.2 Å². The molecule has 1 aromatic heterocycles. The van der Waals surface area contributed by atoms with Crippen molar-refractivity contribution in [2.45, 2.75) is 20.0 Å². The number of methoxy groups -OCH3 is 1. The molecule has 0 amide bonds. The number of aliphatic imine (C=N–C) groups is 1. The zero-order valence-electron chi connectivity index (χ0n) is 14.6. The van der Waals surface area contributed by atoms with Gasteiger partial charge in [0, 0.05) is 20.7 Å². The minimum Gasteiger partial charge on any atom is -0.383 e. The van der Waals surface area contributed by atoms with E-state index < -0.39 is 0 Å². The number of ether oxygens (including phenoxy) is 1. The first-order valence-corrected chi connectivity index (χ1v) is 7.70. The molecule has 0 atom stereocenters. The van der Waals surface area contributed by atoms with Crippen LogP contribution in [0.25, 0.3) is 0 Å². The van der Waals surface area contributed by atoms with Crippen molar-refractivity contribution in [3.8, 4) is 0 Å². The van der Waals surface area contributed by atoms with E-state index in [1.807, 2.05) is 24.6 Å². The van der Waals surface area contributed by atoms with Crippen LogP contribution in [0.3, 0.4) is 0 Å². The molecule has 1 aromatic carbocycles. The molecule has 0 aliphatic carbocycles. The van der Waals surface area contributed by atoms with Crippen LogP contribution in [0.15, 0.2) is 29.3 Å². The number of aromatic nitrogens is 3. The molecule has 0 aliphatic rings. The largest absolute Gasteiger partial charge is 0.383 e. The lowest BCUT2D eigenvalue weighted by molar-refractivity contribution is 0.203. The maximum Gasteiger partial charge on any atom is 0.192 e. The van der Waals surface area contributed by atoms with Crippen LogP contribution in [0.4, 0.5) is 4.39 Å². The number of benzene rings is 1. The predicted molar refractivity (Wildman–Crippen MR) is 105 cm³/mol. The molecular weight excluding hydrogens is 438 g/mol. The summed E-state index contributed by atoms with van der Waals surface area (Å²) in [5.74, 6) is 1.99. The molecule has 25 heavy (non-hydrogen) atoms. The Bertz CT molecular complexity index is 691. The fourth-order valence-electron chi connectivity index (χ4n) is 2.02. The Morgan fingerprint density at radius 3 is 2.76 bits per heavy atom. The number of hydrogen-bond acceptors (Lipinski definition) is 4. The fourth-order valence-corrected chi connectivity index (χ4v) is 2.02. The molecular formula is C16H24FIN6O. The number of halogens is 2. The van der Waals surface area contributed by atoms with Crippen molar-refractivity contribution in [3.63, 3.8) is 0 Å². The Labute approximate surface area is 164 Å². The summed E-state index contributed by atoms with van der Waals surface area (Å²) in [5, 5.41) is 14.5. The van der Waals surface area contributed by atoms with Gasteiger partial charge in [0.1, 0.15) is 11.6 Å². The highest BCUT2D eigenvalue weighted by atomic mass is 127. The number of nitrogens with one attached hydrogen (secondary N) is 2. The van der Waals surface area contributed by atoms with E-state index in [1.54, 1.807) is 13.2 Å². The number of aryl methyl sites for hydroxylation is 1.